The minimum absolute atomic E-state index is 0.225. The number of hydrogen-bond acceptors (Lipinski definition) is 3. The summed E-state index contributed by atoms with van der Waals surface area (Å²) in [6.45, 7) is 0. The number of carbonyl (C=O) groups excluding carboxylic acids is 2. The van der Waals surface area contributed by atoms with Crippen LogP contribution in [0.1, 0.15) is 10.4 Å². The Hall–Kier alpha value is -3.38. The van der Waals surface area contributed by atoms with Crippen molar-refractivity contribution in [1.29, 1.82) is 0 Å². The molecule has 0 aliphatic rings. The highest BCUT2D eigenvalue weighted by Crippen LogP contribution is 2.31. The molecular weight excluding hydrogens is 371 g/mol. The zero-order chi connectivity index (χ0) is 19.2. The summed E-state index contributed by atoms with van der Waals surface area (Å²) >= 11 is 6.17. The second-order valence-electron chi connectivity index (χ2n) is 5.45. The number of hydrogen-bond donors (Lipinski definition) is 2. The number of imide groups is 1. The molecule has 0 bridgehead atoms. The van der Waals surface area contributed by atoms with Gasteiger partial charge < -0.3 is 10.1 Å². The Morgan fingerprint density at radius 1 is 0.926 bits per heavy atom. The van der Waals surface area contributed by atoms with Gasteiger partial charge in [-0.05, 0) is 42.5 Å². The number of carbonyl (C=O) groups is 2. The van der Waals surface area contributed by atoms with Gasteiger partial charge in [-0.3, -0.25) is 10.1 Å². The van der Waals surface area contributed by atoms with Crippen molar-refractivity contribution >= 4 is 29.2 Å². The fourth-order valence-corrected chi connectivity index (χ4v) is 2.47. The van der Waals surface area contributed by atoms with Crippen molar-refractivity contribution in [3.63, 3.8) is 0 Å². The van der Waals surface area contributed by atoms with Crippen LogP contribution in [-0.2, 0) is 0 Å². The molecule has 27 heavy (non-hydrogen) atoms. The lowest BCUT2D eigenvalue weighted by molar-refractivity contribution is 0.0963. The fraction of sp³-hybridized carbons (Fsp3) is 0. The van der Waals surface area contributed by atoms with Gasteiger partial charge in [-0.2, -0.15) is 0 Å². The Bertz CT molecular complexity index is 980. The molecule has 2 N–H and O–H groups in total. The molecule has 0 fully saturated rings. The Morgan fingerprint density at radius 2 is 1.63 bits per heavy atom. The van der Waals surface area contributed by atoms with Crippen molar-refractivity contribution < 1.29 is 18.7 Å². The summed E-state index contributed by atoms with van der Waals surface area (Å²) in [4.78, 5) is 23.9. The predicted molar refractivity (Wildman–Crippen MR) is 101 cm³/mol. The average Bonchev–Trinajstić information content (AvgIpc) is 2.65. The van der Waals surface area contributed by atoms with Crippen LogP contribution in [-0.4, -0.2) is 11.9 Å². The molecule has 0 saturated heterocycles. The second kappa shape index (κ2) is 8.33. The summed E-state index contributed by atoms with van der Waals surface area (Å²) in [7, 11) is 0. The first-order valence-electron chi connectivity index (χ1n) is 7.92. The van der Waals surface area contributed by atoms with E-state index >= 15 is 0 Å². The van der Waals surface area contributed by atoms with Gasteiger partial charge >= 0.3 is 6.03 Å². The van der Waals surface area contributed by atoms with Crippen molar-refractivity contribution in [3.05, 3.63) is 89.2 Å². The van der Waals surface area contributed by atoms with E-state index < -0.39 is 17.8 Å². The summed E-state index contributed by atoms with van der Waals surface area (Å²) in [6.07, 6.45) is 0. The maximum absolute atomic E-state index is 13.6. The van der Waals surface area contributed by atoms with Crippen molar-refractivity contribution in [2.75, 3.05) is 5.32 Å². The van der Waals surface area contributed by atoms with Crippen LogP contribution < -0.4 is 15.4 Å². The molecule has 3 rings (SSSR count). The second-order valence-corrected chi connectivity index (χ2v) is 5.86. The monoisotopic (exact) mass is 384 g/mol. The van der Waals surface area contributed by atoms with E-state index in [1.165, 1.54) is 24.3 Å². The third-order valence-electron chi connectivity index (χ3n) is 3.51. The van der Waals surface area contributed by atoms with Crippen LogP contribution in [0.4, 0.5) is 14.9 Å². The smallest absolute Gasteiger partial charge is 0.326 e. The van der Waals surface area contributed by atoms with Gasteiger partial charge in [0.25, 0.3) is 5.91 Å². The largest absolute Gasteiger partial charge is 0.456 e. The van der Waals surface area contributed by atoms with Gasteiger partial charge in [0.2, 0.25) is 0 Å². The van der Waals surface area contributed by atoms with Gasteiger partial charge in [0.05, 0.1) is 10.6 Å². The van der Waals surface area contributed by atoms with Crippen LogP contribution in [0.25, 0.3) is 0 Å². The highest BCUT2D eigenvalue weighted by molar-refractivity contribution is 6.32. The molecule has 0 unspecified atom stereocenters. The van der Waals surface area contributed by atoms with Gasteiger partial charge in [-0.15, -0.1) is 0 Å². The molecule has 0 aromatic heterocycles. The summed E-state index contributed by atoms with van der Waals surface area (Å²) in [6, 6.07) is 18.3. The van der Waals surface area contributed by atoms with Crippen LogP contribution in [0.5, 0.6) is 11.5 Å². The Balaban J connectivity index is 1.64. The average molecular weight is 385 g/mol. The molecule has 0 aliphatic carbocycles. The predicted octanol–water partition coefficient (Wildman–Crippen LogP) is 5.23. The third-order valence-corrected chi connectivity index (χ3v) is 3.80. The molecule has 7 heteroatoms. The molecule has 0 atom stereocenters. The molecule has 0 aliphatic heterocycles. The van der Waals surface area contributed by atoms with Crippen molar-refractivity contribution in [2.24, 2.45) is 0 Å². The fourth-order valence-electron chi connectivity index (χ4n) is 2.26. The lowest BCUT2D eigenvalue weighted by Gasteiger charge is -2.10. The number of benzene rings is 3. The molecule has 3 aromatic carbocycles. The topological polar surface area (TPSA) is 67.4 Å². The first kappa shape index (κ1) is 18.4. The number of anilines is 1. The van der Waals surface area contributed by atoms with E-state index in [0.29, 0.717) is 17.2 Å². The minimum atomic E-state index is -0.847. The first-order chi connectivity index (χ1) is 13.0. The van der Waals surface area contributed by atoms with E-state index in [0.717, 1.165) is 6.07 Å². The summed E-state index contributed by atoms with van der Waals surface area (Å²) < 4.78 is 19.2. The minimum Gasteiger partial charge on any atom is -0.456 e. The quantitative estimate of drug-likeness (QED) is 0.647. The van der Waals surface area contributed by atoms with Crippen LogP contribution >= 0.6 is 11.6 Å². The summed E-state index contributed by atoms with van der Waals surface area (Å²) in [5.41, 5.74) is 0.122. The molecule has 0 saturated carbocycles. The number of halogens is 2. The van der Waals surface area contributed by atoms with E-state index in [2.05, 4.69) is 10.6 Å². The number of ether oxygens (including phenoxy) is 1. The zero-order valence-corrected chi connectivity index (χ0v) is 14.7. The van der Waals surface area contributed by atoms with Gasteiger partial charge in [0, 0.05) is 5.69 Å². The molecule has 3 amide bonds. The number of urea groups is 1. The van der Waals surface area contributed by atoms with Gasteiger partial charge in [0.15, 0.2) is 0 Å². The van der Waals surface area contributed by atoms with E-state index in [1.54, 1.807) is 24.3 Å². The van der Waals surface area contributed by atoms with Crippen molar-refractivity contribution in [1.82, 2.24) is 5.32 Å². The normalized spacial score (nSPS) is 10.1. The standard InChI is InChI=1S/C20H14ClFN2O3/c21-16-12-13(10-11-18(16)27-14-6-2-1-3-7-14)23-20(26)24-19(25)15-8-4-5-9-17(15)22/h1-12H,(H2,23,24,25,26). The molecule has 3 aromatic rings. The Morgan fingerprint density at radius 3 is 2.33 bits per heavy atom. The van der Waals surface area contributed by atoms with Gasteiger partial charge in [-0.25, -0.2) is 9.18 Å². The SMILES string of the molecule is O=C(NC(=O)c1ccccc1F)Nc1ccc(Oc2ccccc2)c(Cl)c1. The van der Waals surface area contributed by atoms with Gasteiger partial charge in [-0.1, -0.05) is 41.9 Å². The molecule has 0 heterocycles. The number of rotatable bonds is 4. The zero-order valence-electron chi connectivity index (χ0n) is 13.9. The van der Waals surface area contributed by atoms with Crippen LogP contribution in [0.2, 0.25) is 5.02 Å². The van der Waals surface area contributed by atoms with Gasteiger partial charge in [0.1, 0.15) is 17.3 Å². The molecule has 136 valence electrons. The Kier molecular flexibility index (Phi) is 5.68. The molecule has 0 spiro atoms. The van der Waals surface area contributed by atoms with E-state index in [-0.39, 0.29) is 10.6 Å². The lowest BCUT2D eigenvalue weighted by atomic mass is 10.2. The van der Waals surface area contributed by atoms with Crippen LogP contribution in [0, 0.1) is 5.82 Å². The van der Waals surface area contributed by atoms with E-state index in [1.807, 2.05) is 18.2 Å². The summed E-state index contributed by atoms with van der Waals surface area (Å²) in [5, 5.41) is 4.79. The van der Waals surface area contributed by atoms with Crippen molar-refractivity contribution in [2.45, 2.75) is 0 Å². The van der Waals surface area contributed by atoms with E-state index in [9.17, 15) is 14.0 Å². The van der Waals surface area contributed by atoms with Crippen molar-refractivity contribution in [3.8, 4) is 11.5 Å². The molecule has 0 radical (unpaired) electrons. The molecular formula is C20H14ClFN2O3. The highest BCUT2D eigenvalue weighted by atomic mass is 35.5. The third kappa shape index (κ3) is 4.83. The first-order valence-corrected chi connectivity index (χ1v) is 8.30. The maximum atomic E-state index is 13.6. The van der Waals surface area contributed by atoms with Crippen LogP contribution in [0.3, 0.4) is 0 Å². The number of nitrogens with one attached hydrogen (secondary N) is 2. The number of amides is 3. The molecule has 5 nitrogen and oxygen atoms in total. The number of para-hydroxylation sites is 1. The summed E-state index contributed by atoms with van der Waals surface area (Å²) in [5.74, 6) is -0.529. The maximum Gasteiger partial charge on any atom is 0.326 e. The van der Waals surface area contributed by atoms with E-state index in [4.69, 9.17) is 16.3 Å². The lowest BCUT2D eigenvalue weighted by Crippen LogP contribution is -2.34. The Labute approximate surface area is 159 Å². The van der Waals surface area contributed by atoms with Crippen LogP contribution in [0.15, 0.2) is 72.8 Å². The highest BCUT2D eigenvalue weighted by Gasteiger charge is 2.14.